The molecular weight excluding hydrogens is 326 g/mol. The van der Waals surface area contributed by atoms with Crippen LogP contribution in [0.4, 0.5) is 0 Å². The van der Waals surface area contributed by atoms with Gasteiger partial charge in [-0.05, 0) is 38.0 Å². The number of benzene rings is 1. The van der Waals surface area contributed by atoms with Crippen molar-refractivity contribution in [2.24, 2.45) is 0 Å². The van der Waals surface area contributed by atoms with Crippen LogP contribution in [0.2, 0.25) is 0 Å². The maximum absolute atomic E-state index is 12.1. The molecule has 0 unspecified atom stereocenters. The Morgan fingerprint density at radius 3 is 2.28 bits per heavy atom. The van der Waals surface area contributed by atoms with Crippen molar-refractivity contribution in [2.75, 3.05) is 0 Å². The Bertz CT molecular complexity index is 886. The van der Waals surface area contributed by atoms with Gasteiger partial charge in [0.15, 0.2) is 0 Å². The minimum Gasteiger partial charge on any atom is -0.330 e. The van der Waals surface area contributed by atoms with E-state index >= 15 is 0 Å². The first-order chi connectivity index (χ1) is 11.9. The van der Waals surface area contributed by atoms with E-state index in [1.807, 2.05) is 0 Å². The van der Waals surface area contributed by atoms with Crippen LogP contribution < -0.4 is 5.69 Å². The molecule has 0 spiro atoms. The fraction of sp³-hybridized carbons (Fsp3) is 0.235. The van der Waals surface area contributed by atoms with Crippen molar-refractivity contribution in [1.82, 2.24) is 15.0 Å². The zero-order valence-corrected chi connectivity index (χ0v) is 13.7. The molecule has 0 aliphatic carbocycles. The Morgan fingerprint density at radius 1 is 1.12 bits per heavy atom. The molecule has 25 heavy (non-hydrogen) atoms. The summed E-state index contributed by atoms with van der Waals surface area (Å²) in [4.78, 5) is 58.9. The van der Waals surface area contributed by atoms with Crippen molar-refractivity contribution in [3.8, 4) is 0 Å². The molecule has 8 heteroatoms. The smallest absolute Gasteiger partial charge is 0.330 e. The first-order valence-electron chi connectivity index (χ1n) is 7.63. The predicted octanol–water partition coefficient (Wildman–Crippen LogP) is 1.07. The van der Waals surface area contributed by atoms with Gasteiger partial charge in [-0.2, -0.15) is 4.98 Å². The normalized spacial score (nSPS) is 13.1. The third kappa shape index (κ3) is 3.06. The molecule has 1 aliphatic rings. The number of aromatic nitrogens is 2. The number of hydrogen-bond acceptors (Lipinski definition) is 6. The third-order valence-electron chi connectivity index (χ3n) is 3.98. The minimum absolute atomic E-state index is 0.0667. The standard InChI is InChI=1S/C17H15N3O5/c1-9-11(10(2)19-17(24)18-9)7-8-14(21)25-20-15(22)12-5-3-4-6-13(12)16(20)23/h3-6H,7-8H2,1-2H3,(H,18,19,24). The van der Waals surface area contributed by atoms with Gasteiger partial charge < -0.3 is 9.82 Å². The Kier molecular flexibility index (Phi) is 4.18. The fourth-order valence-electron chi connectivity index (χ4n) is 2.75. The number of aromatic amines is 1. The number of fused-ring (bicyclic) bond motifs is 1. The van der Waals surface area contributed by atoms with E-state index in [4.69, 9.17) is 4.84 Å². The number of nitrogens with zero attached hydrogens (tertiary/aromatic N) is 2. The Morgan fingerprint density at radius 2 is 1.72 bits per heavy atom. The molecule has 1 aromatic carbocycles. The molecule has 0 saturated carbocycles. The van der Waals surface area contributed by atoms with Crippen LogP contribution in [0, 0.1) is 13.8 Å². The lowest BCUT2D eigenvalue weighted by atomic mass is 10.1. The van der Waals surface area contributed by atoms with Gasteiger partial charge in [0.1, 0.15) is 0 Å². The molecule has 1 aromatic heterocycles. The van der Waals surface area contributed by atoms with E-state index in [9.17, 15) is 19.2 Å². The van der Waals surface area contributed by atoms with Crippen LogP contribution in [0.25, 0.3) is 0 Å². The number of carbonyl (C=O) groups excluding carboxylic acids is 3. The van der Waals surface area contributed by atoms with E-state index in [1.165, 1.54) is 12.1 Å². The highest BCUT2D eigenvalue weighted by atomic mass is 16.7. The van der Waals surface area contributed by atoms with Crippen LogP contribution >= 0.6 is 0 Å². The summed E-state index contributed by atoms with van der Waals surface area (Å²) in [6, 6.07) is 6.26. The summed E-state index contributed by atoms with van der Waals surface area (Å²) in [5.41, 5.74) is 1.82. The van der Waals surface area contributed by atoms with E-state index in [0.29, 0.717) is 16.5 Å². The highest BCUT2D eigenvalue weighted by Crippen LogP contribution is 2.23. The molecule has 8 nitrogen and oxygen atoms in total. The van der Waals surface area contributed by atoms with Crippen molar-refractivity contribution in [3.63, 3.8) is 0 Å². The molecular formula is C17H15N3O5. The van der Waals surface area contributed by atoms with Crippen molar-refractivity contribution < 1.29 is 19.2 Å². The number of imide groups is 1. The number of carbonyl (C=O) groups is 3. The topological polar surface area (TPSA) is 109 Å². The lowest BCUT2D eigenvalue weighted by molar-refractivity contribution is -0.168. The summed E-state index contributed by atoms with van der Waals surface area (Å²) in [5, 5.41) is 0.484. The first kappa shape index (κ1) is 16.6. The third-order valence-corrected chi connectivity index (χ3v) is 3.98. The SMILES string of the molecule is Cc1nc(=O)[nH]c(C)c1CCC(=O)ON1C(=O)c2ccccc2C1=O. The minimum atomic E-state index is -0.723. The molecule has 1 aliphatic heterocycles. The molecule has 0 bridgehead atoms. The number of nitrogens with one attached hydrogen (secondary N) is 1. The second kappa shape index (κ2) is 6.31. The lowest BCUT2D eigenvalue weighted by Gasteiger charge is -2.13. The van der Waals surface area contributed by atoms with Crippen molar-refractivity contribution >= 4 is 17.8 Å². The van der Waals surface area contributed by atoms with Gasteiger partial charge in [0, 0.05) is 11.4 Å². The zero-order valence-electron chi connectivity index (χ0n) is 13.7. The van der Waals surface area contributed by atoms with Crippen LogP contribution in [-0.2, 0) is 16.1 Å². The van der Waals surface area contributed by atoms with Gasteiger partial charge in [-0.25, -0.2) is 9.59 Å². The number of aryl methyl sites for hydroxylation is 2. The maximum Gasteiger partial charge on any atom is 0.345 e. The average molecular weight is 341 g/mol. The molecule has 0 atom stereocenters. The molecule has 2 amide bonds. The van der Waals surface area contributed by atoms with Crippen LogP contribution in [0.5, 0.6) is 0 Å². The summed E-state index contributed by atoms with van der Waals surface area (Å²) in [6.45, 7) is 3.38. The number of rotatable bonds is 4. The molecule has 2 heterocycles. The fourth-order valence-corrected chi connectivity index (χ4v) is 2.75. The molecule has 0 fully saturated rings. The monoisotopic (exact) mass is 341 g/mol. The van der Waals surface area contributed by atoms with Gasteiger partial charge in [-0.15, -0.1) is 0 Å². The molecule has 0 saturated heterocycles. The highest BCUT2D eigenvalue weighted by molar-refractivity contribution is 6.20. The Labute approximate surface area is 142 Å². The van der Waals surface area contributed by atoms with E-state index in [1.54, 1.807) is 26.0 Å². The number of hydrogen-bond donors (Lipinski definition) is 1. The summed E-state index contributed by atoms with van der Waals surface area (Å²) in [6.07, 6.45) is 0.201. The molecule has 1 N–H and O–H groups in total. The Balaban J connectivity index is 1.68. The van der Waals surface area contributed by atoms with Crippen molar-refractivity contribution in [2.45, 2.75) is 26.7 Å². The van der Waals surface area contributed by atoms with E-state index < -0.39 is 23.5 Å². The van der Waals surface area contributed by atoms with Gasteiger partial charge in [0.2, 0.25) is 0 Å². The van der Waals surface area contributed by atoms with Crippen LogP contribution in [0.1, 0.15) is 44.1 Å². The summed E-state index contributed by atoms with van der Waals surface area (Å²) >= 11 is 0. The van der Waals surface area contributed by atoms with Crippen molar-refractivity contribution in [1.29, 1.82) is 0 Å². The summed E-state index contributed by atoms with van der Waals surface area (Å²) in [7, 11) is 0. The predicted molar refractivity (Wildman–Crippen MR) is 85.7 cm³/mol. The number of hydroxylamine groups is 2. The second-order valence-corrected chi connectivity index (χ2v) is 5.64. The second-order valence-electron chi connectivity index (χ2n) is 5.64. The summed E-state index contributed by atoms with van der Waals surface area (Å²) < 4.78 is 0. The molecule has 0 radical (unpaired) electrons. The van der Waals surface area contributed by atoms with Gasteiger partial charge >= 0.3 is 11.7 Å². The van der Waals surface area contributed by atoms with Gasteiger partial charge in [-0.3, -0.25) is 9.59 Å². The van der Waals surface area contributed by atoms with Crippen LogP contribution in [0.3, 0.4) is 0 Å². The first-order valence-corrected chi connectivity index (χ1v) is 7.63. The van der Waals surface area contributed by atoms with E-state index in [0.717, 1.165) is 5.56 Å². The average Bonchev–Trinajstić information content (AvgIpc) is 2.79. The van der Waals surface area contributed by atoms with Crippen LogP contribution in [0.15, 0.2) is 29.1 Å². The highest BCUT2D eigenvalue weighted by Gasteiger charge is 2.38. The van der Waals surface area contributed by atoms with Crippen molar-refractivity contribution in [3.05, 3.63) is 62.8 Å². The van der Waals surface area contributed by atoms with E-state index in [2.05, 4.69) is 9.97 Å². The van der Waals surface area contributed by atoms with Gasteiger partial charge in [0.25, 0.3) is 11.8 Å². The van der Waals surface area contributed by atoms with Gasteiger partial charge in [-0.1, -0.05) is 17.2 Å². The Hall–Kier alpha value is -3.29. The number of H-pyrrole nitrogens is 1. The quantitative estimate of drug-likeness (QED) is 0.833. The number of amides is 2. The molecule has 2 aromatic rings. The lowest BCUT2D eigenvalue weighted by Crippen LogP contribution is -2.32. The molecule has 128 valence electrons. The summed E-state index contributed by atoms with van der Waals surface area (Å²) in [5.74, 6) is -2.04. The maximum atomic E-state index is 12.1. The zero-order chi connectivity index (χ0) is 18.1. The molecule has 3 rings (SSSR count). The largest absolute Gasteiger partial charge is 0.345 e. The van der Waals surface area contributed by atoms with E-state index in [-0.39, 0.29) is 24.0 Å². The van der Waals surface area contributed by atoms with Crippen LogP contribution in [-0.4, -0.2) is 32.8 Å². The van der Waals surface area contributed by atoms with Gasteiger partial charge in [0.05, 0.1) is 17.5 Å².